The van der Waals surface area contributed by atoms with Gasteiger partial charge in [0.15, 0.2) is 0 Å². The Labute approximate surface area is 124 Å². The molecule has 3 heteroatoms. The van der Waals surface area contributed by atoms with Gasteiger partial charge in [0.2, 0.25) is 0 Å². The van der Waals surface area contributed by atoms with E-state index in [4.69, 9.17) is 0 Å². The summed E-state index contributed by atoms with van der Waals surface area (Å²) in [7, 11) is 4.00. The second-order valence-electron chi connectivity index (χ2n) is 5.34. The van der Waals surface area contributed by atoms with Gasteiger partial charge in [-0.3, -0.25) is 4.98 Å². The van der Waals surface area contributed by atoms with Crippen molar-refractivity contribution in [1.29, 1.82) is 0 Å². The standard InChI is InChI=1S/C18H18N2O/c1-20(2)16-9-7-14(8-10-16)18(21)15-6-5-13-4-3-11-19-17(13)12-15/h3-12,18,21H,1-2H3. The van der Waals surface area contributed by atoms with Crippen LogP contribution in [0.1, 0.15) is 17.2 Å². The maximum absolute atomic E-state index is 10.5. The smallest absolute Gasteiger partial charge is 0.104 e. The molecule has 3 nitrogen and oxygen atoms in total. The molecule has 3 rings (SSSR count). The molecule has 0 radical (unpaired) electrons. The van der Waals surface area contributed by atoms with Crippen LogP contribution in [-0.4, -0.2) is 24.2 Å². The zero-order valence-electron chi connectivity index (χ0n) is 12.2. The van der Waals surface area contributed by atoms with Crippen molar-refractivity contribution in [3.63, 3.8) is 0 Å². The predicted molar refractivity (Wildman–Crippen MR) is 86.6 cm³/mol. The molecule has 0 aliphatic heterocycles. The van der Waals surface area contributed by atoms with Crippen LogP contribution in [0.2, 0.25) is 0 Å². The van der Waals surface area contributed by atoms with E-state index in [1.54, 1.807) is 6.20 Å². The Bertz CT molecular complexity index is 751. The number of aromatic nitrogens is 1. The third-order valence-corrected chi connectivity index (χ3v) is 3.67. The van der Waals surface area contributed by atoms with Crippen molar-refractivity contribution >= 4 is 16.6 Å². The summed E-state index contributed by atoms with van der Waals surface area (Å²) in [6, 6.07) is 17.8. The normalized spacial score (nSPS) is 12.3. The summed E-state index contributed by atoms with van der Waals surface area (Å²) in [5, 5.41) is 11.6. The van der Waals surface area contributed by atoms with Crippen molar-refractivity contribution in [3.05, 3.63) is 71.9 Å². The summed E-state index contributed by atoms with van der Waals surface area (Å²) < 4.78 is 0. The summed E-state index contributed by atoms with van der Waals surface area (Å²) >= 11 is 0. The number of benzene rings is 2. The van der Waals surface area contributed by atoms with Crippen LogP contribution in [0.3, 0.4) is 0 Å². The van der Waals surface area contributed by atoms with Gasteiger partial charge in [0.1, 0.15) is 6.10 Å². The first-order chi connectivity index (χ1) is 10.1. The van der Waals surface area contributed by atoms with E-state index >= 15 is 0 Å². The van der Waals surface area contributed by atoms with Crippen LogP contribution in [0.5, 0.6) is 0 Å². The summed E-state index contributed by atoms with van der Waals surface area (Å²) in [6.45, 7) is 0. The highest BCUT2D eigenvalue weighted by molar-refractivity contribution is 5.79. The molecule has 3 aromatic rings. The second-order valence-corrected chi connectivity index (χ2v) is 5.34. The topological polar surface area (TPSA) is 36.4 Å². The van der Waals surface area contributed by atoms with Crippen LogP contribution < -0.4 is 4.90 Å². The van der Waals surface area contributed by atoms with Crippen LogP contribution >= 0.6 is 0 Å². The summed E-state index contributed by atoms with van der Waals surface area (Å²) in [5.41, 5.74) is 3.76. The van der Waals surface area contributed by atoms with Crippen molar-refractivity contribution < 1.29 is 5.11 Å². The molecule has 0 fully saturated rings. The highest BCUT2D eigenvalue weighted by atomic mass is 16.3. The molecular weight excluding hydrogens is 260 g/mol. The third kappa shape index (κ3) is 2.73. The molecule has 0 amide bonds. The van der Waals surface area contributed by atoms with E-state index < -0.39 is 6.10 Å². The number of aliphatic hydroxyl groups excluding tert-OH is 1. The van der Waals surface area contributed by atoms with Crippen molar-refractivity contribution in [3.8, 4) is 0 Å². The fraction of sp³-hybridized carbons (Fsp3) is 0.167. The number of anilines is 1. The van der Waals surface area contributed by atoms with Crippen molar-refractivity contribution in [2.24, 2.45) is 0 Å². The van der Waals surface area contributed by atoms with Crippen LogP contribution in [0.4, 0.5) is 5.69 Å². The Kier molecular flexibility index (Phi) is 3.59. The molecule has 1 atom stereocenters. The number of nitrogens with zero attached hydrogens (tertiary/aromatic N) is 2. The van der Waals surface area contributed by atoms with Gasteiger partial charge in [-0.25, -0.2) is 0 Å². The molecule has 0 saturated carbocycles. The molecule has 1 aromatic heterocycles. The van der Waals surface area contributed by atoms with Gasteiger partial charge in [-0.05, 0) is 35.4 Å². The van der Waals surface area contributed by atoms with Crippen molar-refractivity contribution in [2.45, 2.75) is 6.10 Å². The Morgan fingerprint density at radius 2 is 1.67 bits per heavy atom. The highest BCUT2D eigenvalue weighted by Gasteiger charge is 2.11. The minimum atomic E-state index is -0.632. The maximum Gasteiger partial charge on any atom is 0.104 e. The molecule has 0 saturated heterocycles. The summed E-state index contributed by atoms with van der Waals surface area (Å²) in [5.74, 6) is 0. The lowest BCUT2D eigenvalue weighted by Crippen LogP contribution is -2.08. The number of hydrogen-bond acceptors (Lipinski definition) is 3. The van der Waals surface area contributed by atoms with Gasteiger partial charge < -0.3 is 10.0 Å². The van der Waals surface area contributed by atoms with Crippen LogP contribution in [-0.2, 0) is 0 Å². The molecule has 2 aromatic carbocycles. The van der Waals surface area contributed by atoms with Gasteiger partial charge in [0, 0.05) is 31.4 Å². The van der Waals surface area contributed by atoms with Gasteiger partial charge >= 0.3 is 0 Å². The number of pyridine rings is 1. The molecule has 1 N–H and O–H groups in total. The first-order valence-electron chi connectivity index (χ1n) is 6.95. The van der Waals surface area contributed by atoms with E-state index in [0.29, 0.717) is 0 Å². The fourth-order valence-electron chi connectivity index (χ4n) is 2.40. The number of aliphatic hydroxyl groups is 1. The van der Waals surface area contributed by atoms with Crippen molar-refractivity contribution in [1.82, 2.24) is 4.98 Å². The monoisotopic (exact) mass is 278 g/mol. The van der Waals surface area contributed by atoms with Gasteiger partial charge in [0.25, 0.3) is 0 Å². The van der Waals surface area contributed by atoms with E-state index in [1.807, 2.05) is 73.6 Å². The molecular formula is C18H18N2O. The minimum Gasteiger partial charge on any atom is -0.384 e. The first-order valence-corrected chi connectivity index (χ1v) is 6.95. The molecule has 0 aliphatic rings. The summed E-state index contributed by atoms with van der Waals surface area (Å²) in [6.07, 6.45) is 1.14. The average Bonchev–Trinajstić information content (AvgIpc) is 2.54. The Morgan fingerprint density at radius 3 is 2.38 bits per heavy atom. The van der Waals surface area contributed by atoms with Gasteiger partial charge in [-0.2, -0.15) is 0 Å². The van der Waals surface area contributed by atoms with Gasteiger partial charge in [0.05, 0.1) is 5.52 Å². The van der Waals surface area contributed by atoms with E-state index in [2.05, 4.69) is 4.98 Å². The van der Waals surface area contributed by atoms with E-state index in [1.165, 1.54) is 0 Å². The van der Waals surface area contributed by atoms with E-state index in [9.17, 15) is 5.11 Å². The lowest BCUT2D eigenvalue weighted by molar-refractivity contribution is 0.220. The van der Waals surface area contributed by atoms with Crippen LogP contribution in [0, 0.1) is 0 Å². The number of fused-ring (bicyclic) bond motifs is 1. The largest absolute Gasteiger partial charge is 0.384 e. The van der Waals surface area contributed by atoms with Crippen LogP contribution in [0.25, 0.3) is 10.9 Å². The molecule has 1 heterocycles. The Balaban J connectivity index is 1.93. The Morgan fingerprint density at radius 1 is 0.952 bits per heavy atom. The summed E-state index contributed by atoms with van der Waals surface area (Å²) in [4.78, 5) is 6.38. The minimum absolute atomic E-state index is 0.632. The predicted octanol–water partition coefficient (Wildman–Crippen LogP) is 3.38. The molecule has 0 spiro atoms. The van der Waals surface area contributed by atoms with Crippen molar-refractivity contribution in [2.75, 3.05) is 19.0 Å². The van der Waals surface area contributed by atoms with E-state index in [0.717, 1.165) is 27.7 Å². The average molecular weight is 278 g/mol. The molecule has 0 bridgehead atoms. The van der Waals surface area contributed by atoms with Gasteiger partial charge in [-0.15, -0.1) is 0 Å². The van der Waals surface area contributed by atoms with Crippen LogP contribution in [0.15, 0.2) is 60.8 Å². The molecule has 21 heavy (non-hydrogen) atoms. The highest BCUT2D eigenvalue weighted by Crippen LogP contribution is 2.26. The molecule has 1 unspecified atom stereocenters. The van der Waals surface area contributed by atoms with E-state index in [-0.39, 0.29) is 0 Å². The second kappa shape index (κ2) is 5.54. The Hall–Kier alpha value is -2.39. The third-order valence-electron chi connectivity index (χ3n) is 3.67. The lowest BCUT2D eigenvalue weighted by Gasteiger charge is -2.15. The number of rotatable bonds is 3. The molecule has 106 valence electrons. The zero-order valence-corrected chi connectivity index (χ0v) is 12.2. The van der Waals surface area contributed by atoms with Gasteiger partial charge in [-0.1, -0.05) is 30.3 Å². The quantitative estimate of drug-likeness (QED) is 0.798. The fourth-order valence-corrected chi connectivity index (χ4v) is 2.40. The maximum atomic E-state index is 10.5. The zero-order chi connectivity index (χ0) is 14.8. The first kappa shape index (κ1) is 13.6. The lowest BCUT2D eigenvalue weighted by atomic mass is 10.00. The molecule has 0 aliphatic carbocycles. The SMILES string of the molecule is CN(C)c1ccc(C(O)c2ccc3cccnc3c2)cc1. The number of hydrogen-bond donors (Lipinski definition) is 1.